The van der Waals surface area contributed by atoms with E-state index in [9.17, 15) is 14.4 Å². The summed E-state index contributed by atoms with van der Waals surface area (Å²) in [4.78, 5) is 44.1. The third-order valence-electron chi connectivity index (χ3n) is 3.75. The van der Waals surface area contributed by atoms with Crippen LogP contribution in [0.3, 0.4) is 0 Å². The maximum Gasteiger partial charge on any atom is 0.264 e. The molecule has 1 aliphatic heterocycles. The Bertz CT molecular complexity index is 748. The van der Waals surface area contributed by atoms with Crippen LogP contribution in [0.2, 0.25) is 0 Å². The van der Waals surface area contributed by atoms with Crippen LogP contribution in [0.4, 0.5) is 0 Å². The lowest BCUT2D eigenvalue weighted by Gasteiger charge is -2.34. The summed E-state index contributed by atoms with van der Waals surface area (Å²) in [7, 11) is 0. The van der Waals surface area contributed by atoms with Gasteiger partial charge in [-0.3, -0.25) is 19.0 Å². The van der Waals surface area contributed by atoms with Crippen LogP contribution in [0.1, 0.15) is 9.67 Å². The maximum atomic E-state index is 12.3. The highest BCUT2D eigenvalue weighted by Crippen LogP contribution is 2.14. The zero-order valence-corrected chi connectivity index (χ0v) is 13.2. The van der Waals surface area contributed by atoms with Crippen molar-refractivity contribution in [2.75, 3.05) is 26.2 Å². The molecule has 23 heavy (non-hydrogen) atoms. The standard InChI is InChI=1S/C15H16N4O3S/c20-13-3-4-16-11-19(13)10-14(21)17-5-7-18(8-6-17)15(22)12-2-1-9-23-12/h1-4,9,11H,5-8,10H2. The number of piperazine rings is 1. The molecule has 0 bridgehead atoms. The van der Waals surface area contributed by atoms with Gasteiger partial charge in [-0.25, -0.2) is 4.98 Å². The second-order valence-corrected chi connectivity index (χ2v) is 6.14. The average Bonchev–Trinajstić information content (AvgIpc) is 3.11. The Labute approximate surface area is 136 Å². The van der Waals surface area contributed by atoms with Gasteiger partial charge in [0.25, 0.3) is 11.5 Å². The highest BCUT2D eigenvalue weighted by molar-refractivity contribution is 7.12. The lowest BCUT2D eigenvalue weighted by atomic mass is 10.3. The Morgan fingerprint density at radius 1 is 1.13 bits per heavy atom. The van der Waals surface area contributed by atoms with E-state index in [1.54, 1.807) is 15.9 Å². The number of thiophene rings is 1. The summed E-state index contributed by atoms with van der Waals surface area (Å²) in [6.07, 6.45) is 2.76. The van der Waals surface area contributed by atoms with E-state index in [4.69, 9.17) is 0 Å². The number of hydrogen-bond donors (Lipinski definition) is 0. The molecule has 0 saturated carbocycles. The van der Waals surface area contributed by atoms with Crippen LogP contribution in [-0.4, -0.2) is 57.3 Å². The average molecular weight is 332 g/mol. The predicted octanol–water partition coefficient (Wildman–Crippen LogP) is 0.289. The Morgan fingerprint density at radius 3 is 2.52 bits per heavy atom. The molecule has 1 saturated heterocycles. The molecule has 0 radical (unpaired) electrons. The number of aromatic nitrogens is 2. The van der Waals surface area contributed by atoms with E-state index in [-0.39, 0.29) is 23.9 Å². The van der Waals surface area contributed by atoms with Gasteiger partial charge in [0.15, 0.2) is 0 Å². The van der Waals surface area contributed by atoms with Crippen molar-refractivity contribution in [1.82, 2.24) is 19.4 Å². The van der Waals surface area contributed by atoms with E-state index in [1.165, 1.54) is 34.5 Å². The monoisotopic (exact) mass is 332 g/mol. The number of carbonyl (C=O) groups is 2. The molecule has 120 valence electrons. The minimum Gasteiger partial charge on any atom is -0.338 e. The fourth-order valence-electron chi connectivity index (χ4n) is 2.46. The fourth-order valence-corrected chi connectivity index (χ4v) is 3.15. The van der Waals surface area contributed by atoms with Gasteiger partial charge in [-0.15, -0.1) is 11.3 Å². The minimum absolute atomic E-state index is 0.00979. The molecule has 2 aromatic rings. The summed E-state index contributed by atoms with van der Waals surface area (Å²) in [5.74, 6) is -0.126. The first-order valence-corrected chi connectivity index (χ1v) is 8.14. The van der Waals surface area contributed by atoms with Gasteiger partial charge in [0.05, 0.1) is 11.2 Å². The summed E-state index contributed by atoms with van der Waals surface area (Å²) < 4.78 is 1.28. The summed E-state index contributed by atoms with van der Waals surface area (Å²) in [6.45, 7) is 1.94. The largest absolute Gasteiger partial charge is 0.338 e. The fraction of sp³-hybridized carbons (Fsp3) is 0.333. The molecule has 0 spiro atoms. The van der Waals surface area contributed by atoms with Crippen LogP contribution >= 0.6 is 11.3 Å². The molecule has 3 rings (SSSR count). The van der Waals surface area contributed by atoms with Gasteiger partial charge in [0, 0.05) is 38.4 Å². The van der Waals surface area contributed by atoms with E-state index >= 15 is 0 Å². The van der Waals surface area contributed by atoms with Crippen molar-refractivity contribution in [1.29, 1.82) is 0 Å². The zero-order valence-electron chi connectivity index (χ0n) is 12.4. The SMILES string of the molecule is O=C(Cn1cnccc1=O)N1CCN(C(=O)c2cccs2)CC1. The van der Waals surface area contributed by atoms with Crippen LogP contribution in [0.5, 0.6) is 0 Å². The quantitative estimate of drug-likeness (QED) is 0.810. The second-order valence-electron chi connectivity index (χ2n) is 5.20. The zero-order chi connectivity index (χ0) is 16.2. The second kappa shape index (κ2) is 6.74. The number of hydrogen-bond acceptors (Lipinski definition) is 5. The molecular formula is C15H16N4O3S. The van der Waals surface area contributed by atoms with Crippen molar-refractivity contribution in [2.24, 2.45) is 0 Å². The Balaban J connectivity index is 1.56. The molecule has 0 aliphatic carbocycles. The van der Waals surface area contributed by atoms with Gasteiger partial charge >= 0.3 is 0 Å². The molecular weight excluding hydrogens is 316 g/mol. The van der Waals surface area contributed by atoms with E-state index in [0.717, 1.165) is 0 Å². The van der Waals surface area contributed by atoms with Crippen LogP contribution in [-0.2, 0) is 11.3 Å². The van der Waals surface area contributed by atoms with Crippen LogP contribution in [0.15, 0.2) is 40.9 Å². The van der Waals surface area contributed by atoms with E-state index in [2.05, 4.69) is 4.98 Å². The van der Waals surface area contributed by atoms with Crippen molar-refractivity contribution in [3.8, 4) is 0 Å². The Kier molecular flexibility index (Phi) is 4.52. The third-order valence-corrected chi connectivity index (χ3v) is 4.61. The first-order valence-electron chi connectivity index (χ1n) is 7.26. The lowest BCUT2D eigenvalue weighted by Crippen LogP contribution is -2.51. The molecule has 0 atom stereocenters. The van der Waals surface area contributed by atoms with Gasteiger partial charge in [0.1, 0.15) is 6.54 Å². The lowest BCUT2D eigenvalue weighted by molar-refractivity contribution is -0.133. The van der Waals surface area contributed by atoms with Gasteiger partial charge in [-0.05, 0) is 11.4 Å². The van der Waals surface area contributed by atoms with Gasteiger partial charge in [0.2, 0.25) is 5.91 Å². The normalized spacial score (nSPS) is 14.8. The molecule has 2 aromatic heterocycles. The van der Waals surface area contributed by atoms with Gasteiger partial charge in [-0.2, -0.15) is 0 Å². The smallest absolute Gasteiger partial charge is 0.264 e. The maximum absolute atomic E-state index is 12.3. The summed E-state index contributed by atoms with van der Waals surface area (Å²) in [5.41, 5.74) is -0.250. The highest BCUT2D eigenvalue weighted by Gasteiger charge is 2.25. The third kappa shape index (κ3) is 3.48. The minimum atomic E-state index is -0.250. The molecule has 0 unspecified atom stereocenters. The topological polar surface area (TPSA) is 75.5 Å². The summed E-state index contributed by atoms with van der Waals surface area (Å²) >= 11 is 1.42. The summed E-state index contributed by atoms with van der Waals surface area (Å²) in [5, 5.41) is 1.87. The number of amides is 2. The first kappa shape index (κ1) is 15.4. The van der Waals surface area contributed by atoms with Crippen molar-refractivity contribution in [2.45, 2.75) is 6.54 Å². The number of carbonyl (C=O) groups excluding carboxylic acids is 2. The molecule has 3 heterocycles. The van der Waals surface area contributed by atoms with Crippen LogP contribution < -0.4 is 5.56 Å². The summed E-state index contributed by atoms with van der Waals surface area (Å²) in [6, 6.07) is 4.98. The molecule has 0 N–H and O–H groups in total. The molecule has 7 nitrogen and oxygen atoms in total. The van der Waals surface area contributed by atoms with Gasteiger partial charge in [-0.1, -0.05) is 6.07 Å². The number of nitrogens with zero attached hydrogens (tertiary/aromatic N) is 4. The van der Waals surface area contributed by atoms with Crippen LogP contribution in [0.25, 0.3) is 0 Å². The molecule has 8 heteroatoms. The molecule has 1 aliphatic rings. The first-order chi connectivity index (χ1) is 11.1. The van der Waals surface area contributed by atoms with Crippen molar-refractivity contribution in [3.63, 3.8) is 0 Å². The van der Waals surface area contributed by atoms with Crippen molar-refractivity contribution in [3.05, 3.63) is 51.3 Å². The van der Waals surface area contributed by atoms with Crippen molar-refractivity contribution >= 4 is 23.2 Å². The van der Waals surface area contributed by atoms with E-state index in [0.29, 0.717) is 31.1 Å². The molecule has 0 aromatic carbocycles. The van der Waals surface area contributed by atoms with Gasteiger partial charge < -0.3 is 9.80 Å². The highest BCUT2D eigenvalue weighted by atomic mass is 32.1. The predicted molar refractivity (Wildman–Crippen MR) is 85.3 cm³/mol. The molecule has 1 fully saturated rings. The molecule has 2 amide bonds. The van der Waals surface area contributed by atoms with E-state index in [1.807, 2.05) is 11.4 Å². The van der Waals surface area contributed by atoms with E-state index < -0.39 is 0 Å². The number of rotatable bonds is 3. The Hall–Kier alpha value is -2.48. The van der Waals surface area contributed by atoms with Crippen molar-refractivity contribution < 1.29 is 9.59 Å². The van der Waals surface area contributed by atoms with Crippen LogP contribution in [0, 0.1) is 0 Å². The Morgan fingerprint density at radius 2 is 1.87 bits per heavy atom.